The van der Waals surface area contributed by atoms with E-state index in [-0.39, 0.29) is 11.6 Å². The van der Waals surface area contributed by atoms with Gasteiger partial charge in [0, 0.05) is 5.54 Å². The van der Waals surface area contributed by atoms with Crippen LogP contribution >= 0.6 is 0 Å². The monoisotopic (exact) mass is 189 g/mol. The molecule has 0 amide bonds. The van der Waals surface area contributed by atoms with Gasteiger partial charge in [0.25, 0.3) is 0 Å². The third kappa shape index (κ3) is 4.60. The van der Waals surface area contributed by atoms with Crippen molar-refractivity contribution in [3.8, 4) is 0 Å². The van der Waals surface area contributed by atoms with E-state index >= 15 is 0 Å². The van der Waals surface area contributed by atoms with Gasteiger partial charge in [-0.05, 0) is 47.6 Å². The normalized spacial score (nSPS) is 15.9. The van der Waals surface area contributed by atoms with Crippen LogP contribution in [-0.4, -0.2) is 34.0 Å². The number of aliphatic hydroxyl groups is 2. The van der Waals surface area contributed by atoms with Crippen molar-refractivity contribution in [2.45, 2.75) is 58.3 Å². The van der Waals surface area contributed by atoms with Gasteiger partial charge in [-0.25, -0.2) is 0 Å². The second-order valence-electron chi connectivity index (χ2n) is 4.75. The molecule has 0 radical (unpaired) electrons. The van der Waals surface area contributed by atoms with E-state index in [1.54, 1.807) is 20.8 Å². The summed E-state index contributed by atoms with van der Waals surface area (Å²) in [5.41, 5.74) is -1.09. The Hall–Kier alpha value is -0.120. The summed E-state index contributed by atoms with van der Waals surface area (Å²) >= 11 is 0. The van der Waals surface area contributed by atoms with E-state index in [1.165, 1.54) is 0 Å². The lowest BCUT2D eigenvalue weighted by atomic mass is 9.86. The van der Waals surface area contributed by atoms with Crippen LogP contribution in [0.4, 0.5) is 0 Å². The van der Waals surface area contributed by atoms with Gasteiger partial charge in [-0.2, -0.15) is 0 Å². The predicted octanol–water partition coefficient (Wildman–Crippen LogP) is 0.896. The maximum atomic E-state index is 9.79. The van der Waals surface area contributed by atoms with Gasteiger partial charge in [-0.15, -0.1) is 0 Å². The van der Waals surface area contributed by atoms with Crippen LogP contribution in [0, 0.1) is 0 Å². The number of rotatable bonds is 5. The topological polar surface area (TPSA) is 52.5 Å². The van der Waals surface area contributed by atoms with E-state index in [1.807, 2.05) is 13.8 Å². The molecule has 3 nitrogen and oxygen atoms in total. The maximum absolute atomic E-state index is 9.79. The lowest BCUT2D eigenvalue weighted by molar-refractivity contribution is -0.00565. The first-order chi connectivity index (χ1) is 5.67. The van der Waals surface area contributed by atoms with Crippen LogP contribution in [0.25, 0.3) is 0 Å². The van der Waals surface area contributed by atoms with Crippen molar-refractivity contribution in [2.75, 3.05) is 6.54 Å². The fraction of sp³-hybridized carbons (Fsp3) is 1.00. The summed E-state index contributed by atoms with van der Waals surface area (Å²) < 4.78 is 0. The summed E-state index contributed by atoms with van der Waals surface area (Å²) in [6, 6.07) is 0. The minimum Gasteiger partial charge on any atom is -0.393 e. The molecule has 0 aromatic heterocycles. The molecule has 3 N–H and O–H groups in total. The van der Waals surface area contributed by atoms with E-state index in [2.05, 4.69) is 5.32 Å². The van der Waals surface area contributed by atoms with Gasteiger partial charge in [0.2, 0.25) is 0 Å². The molecule has 0 aliphatic heterocycles. The zero-order valence-corrected chi connectivity index (χ0v) is 9.39. The molecule has 0 bridgehead atoms. The van der Waals surface area contributed by atoms with E-state index in [4.69, 9.17) is 5.11 Å². The van der Waals surface area contributed by atoms with E-state index in [0.717, 1.165) is 0 Å². The highest BCUT2D eigenvalue weighted by molar-refractivity contribution is 4.93. The Morgan fingerprint density at radius 3 is 2.00 bits per heavy atom. The van der Waals surface area contributed by atoms with Gasteiger partial charge in [0.1, 0.15) is 0 Å². The van der Waals surface area contributed by atoms with Crippen LogP contribution in [0.2, 0.25) is 0 Å². The lowest BCUT2D eigenvalue weighted by Gasteiger charge is -2.38. The standard InChI is InChI=1S/C10H23NO2/c1-8(12)6-7-11-9(2,3)10(4,5)13/h8,11-13H,6-7H2,1-5H3. The van der Waals surface area contributed by atoms with Crippen molar-refractivity contribution >= 4 is 0 Å². The summed E-state index contributed by atoms with van der Waals surface area (Å²) in [6.45, 7) is 9.95. The van der Waals surface area contributed by atoms with Crippen LogP contribution in [-0.2, 0) is 0 Å². The SMILES string of the molecule is CC(O)CCNC(C)(C)C(C)(C)O. The number of nitrogens with one attached hydrogen (secondary N) is 1. The quantitative estimate of drug-likeness (QED) is 0.602. The minimum atomic E-state index is -0.758. The molecule has 0 saturated carbocycles. The van der Waals surface area contributed by atoms with Crippen molar-refractivity contribution in [1.29, 1.82) is 0 Å². The van der Waals surface area contributed by atoms with Crippen LogP contribution < -0.4 is 5.32 Å². The molecule has 0 heterocycles. The average molecular weight is 189 g/mol. The Labute approximate surface area is 81.2 Å². The van der Waals surface area contributed by atoms with E-state index in [9.17, 15) is 5.11 Å². The third-order valence-electron chi connectivity index (χ3n) is 2.66. The van der Waals surface area contributed by atoms with Gasteiger partial charge in [-0.1, -0.05) is 0 Å². The summed E-state index contributed by atoms with van der Waals surface area (Å²) in [4.78, 5) is 0. The van der Waals surface area contributed by atoms with Crippen molar-refractivity contribution in [3.63, 3.8) is 0 Å². The summed E-state index contributed by atoms with van der Waals surface area (Å²) in [5.74, 6) is 0. The van der Waals surface area contributed by atoms with Crippen LogP contribution in [0.5, 0.6) is 0 Å². The highest BCUT2D eigenvalue weighted by atomic mass is 16.3. The molecule has 0 saturated heterocycles. The van der Waals surface area contributed by atoms with Gasteiger partial charge in [-0.3, -0.25) is 0 Å². The van der Waals surface area contributed by atoms with Gasteiger partial charge < -0.3 is 15.5 Å². The predicted molar refractivity (Wildman–Crippen MR) is 54.7 cm³/mol. The van der Waals surface area contributed by atoms with Crippen molar-refractivity contribution in [1.82, 2.24) is 5.32 Å². The van der Waals surface area contributed by atoms with Gasteiger partial charge in [0.15, 0.2) is 0 Å². The molecule has 0 fully saturated rings. The second-order valence-corrected chi connectivity index (χ2v) is 4.75. The fourth-order valence-electron chi connectivity index (χ4n) is 0.810. The van der Waals surface area contributed by atoms with Crippen LogP contribution in [0.1, 0.15) is 41.0 Å². The Balaban J connectivity index is 3.90. The highest BCUT2D eigenvalue weighted by Crippen LogP contribution is 2.20. The summed E-state index contributed by atoms with van der Waals surface area (Å²) in [7, 11) is 0. The number of aliphatic hydroxyl groups excluding tert-OH is 1. The summed E-state index contributed by atoms with van der Waals surface area (Å²) in [5, 5.41) is 22.1. The van der Waals surface area contributed by atoms with Crippen molar-refractivity contribution < 1.29 is 10.2 Å². The Morgan fingerprint density at radius 2 is 1.69 bits per heavy atom. The average Bonchev–Trinajstić information content (AvgIpc) is 1.82. The van der Waals surface area contributed by atoms with Crippen molar-refractivity contribution in [3.05, 3.63) is 0 Å². The molecule has 1 atom stereocenters. The Kier molecular flexibility index (Phi) is 4.36. The van der Waals surface area contributed by atoms with Crippen molar-refractivity contribution in [2.24, 2.45) is 0 Å². The molecule has 0 spiro atoms. The molecule has 0 aromatic carbocycles. The second kappa shape index (κ2) is 4.40. The van der Waals surface area contributed by atoms with Crippen LogP contribution in [0.15, 0.2) is 0 Å². The molecule has 0 aliphatic rings. The molecule has 0 rings (SSSR count). The zero-order chi connectivity index (χ0) is 10.7. The smallest absolute Gasteiger partial charge is 0.0767 e. The maximum Gasteiger partial charge on any atom is 0.0767 e. The zero-order valence-electron chi connectivity index (χ0n) is 9.39. The lowest BCUT2D eigenvalue weighted by Crippen LogP contribution is -2.56. The first-order valence-electron chi connectivity index (χ1n) is 4.82. The highest BCUT2D eigenvalue weighted by Gasteiger charge is 2.34. The molecule has 0 aromatic rings. The van der Waals surface area contributed by atoms with Gasteiger partial charge >= 0.3 is 0 Å². The number of hydrogen-bond donors (Lipinski definition) is 3. The Bertz CT molecular complexity index is 147. The van der Waals surface area contributed by atoms with E-state index < -0.39 is 5.60 Å². The fourth-order valence-corrected chi connectivity index (χ4v) is 0.810. The first-order valence-corrected chi connectivity index (χ1v) is 4.82. The summed E-state index contributed by atoms with van der Waals surface area (Å²) in [6.07, 6.45) is 0.421. The molecular weight excluding hydrogens is 166 g/mol. The van der Waals surface area contributed by atoms with E-state index in [0.29, 0.717) is 13.0 Å². The third-order valence-corrected chi connectivity index (χ3v) is 2.66. The van der Waals surface area contributed by atoms with Crippen LogP contribution in [0.3, 0.4) is 0 Å². The minimum absolute atomic E-state index is 0.287. The molecule has 80 valence electrons. The Morgan fingerprint density at radius 1 is 1.23 bits per heavy atom. The molecule has 1 unspecified atom stereocenters. The molecule has 0 aliphatic carbocycles. The number of hydrogen-bond acceptors (Lipinski definition) is 3. The molecule has 3 heteroatoms. The molecule has 13 heavy (non-hydrogen) atoms. The first kappa shape index (κ1) is 12.9. The molecular formula is C10H23NO2. The van der Waals surface area contributed by atoms with Gasteiger partial charge in [0.05, 0.1) is 11.7 Å². The largest absolute Gasteiger partial charge is 0.393 e.